The van der Waals surface area contributed by atoms with Gasteiger partial charge >= 0.3 is 0 Å². The molecule has 2 rings (SSSR count). The number of aliphatic hydroxyl groups is 2. The summed E-state index contributed by atoms with van der Waals surface area (Å²) in [6.45, 7) is 0.898. The third kappa shape index (κ3) is 2.77. The minimum Gasteiger partial charge on any atom is -0.394 e. The second-order valence-electron chi connectivity index (χ2n) is 3.99. The lowest BCUT2D eigenvalue weighted by atomic mass is 10.3. The van der Waals surface area contributed by atoms with Crippen LogP contribution in [0.2, 0.25) is 0 Å². The molecule has 5 nitrogen and oxygen atoms in total. The Morgan fingerprint density at radius 2 is 2.40 bits per heavy atom. The van der Waals surface area contributed by atoms with Gasteiger partial charge in [-0.1, -0.05) is 0 Å². The minimum atomic E-state index is -0.678. The summed E-state index contributed by atoms with van der Waals surface area (Å²) in [5.74, 6) is 0. The molecular formula is C10H17N3O2. The van der Waals surface area contributed by atoms with Crippen molar-refractivity contribution in [1.82, 2.24) is 14.9 Å². The summed E-state index contributed by atoms with van der Waals surface area (Å²) in [4.78, 5) is 4.11. The van der Waals surface area contributed by atoms with Crippen LogP contribution >= 0.6 is 0 Å². The van der Waals surface area contributed by atoms with Gasteiger partial charge in [0.2, 0.25) is 0 Å². The lowest BCUT2D eigenvalue weighted by molar-refractivity contribution is 0.0941. The number of nitrogens with zero attached hydrogens (tertiary/aromatic N) is 2. The maximum Gasteiger partial charge on any atom is 0.0951 e. The molecule has 0 aliphatic heterocycles. The first kappa shape index (κ1) is 10.6. The molecule has 84 valence electrons. The monoisotopic (exact) mass is 211 g/mol. The van der Waals surface area contributed by atoms with Crippen LogP contribution in [0.15, 0.2) is 12.5 Å². The lowest BCUT2D eigenvalue weighted by Crippen LogP contribution is -2.29. The smallest absolute Gasteiger partial charge is 0.0951 e. The lowest BCUT2D eigenvalue weighted by Gasteiger charge is -2.10. The van der Waals surface area contributed by atoms with E-state index in [1.807, 2.05) is 12.5 Å². The number of nitrogens with one attached hydrogen (secondary N) is 1. The summed E-state index contributed by atoms with van der Waals surface area (Å²) in [5, 5.41) is 20.9. The van der Waals surface area contributed by atoms with Crippen molar-refractivity contribution in [3.63, 3.8) is 0 Å². The molecule has 1 fully saturated rings. The minimum absolute atomic E-state index is 0.200. The summed E-state index contributed by atoms with van der Waals surface area (Å²) in [7, 11) is 0. The van der Waals surface area contributed by atoms with Crippen LogP contribution in [0, 0.1) is 0 Å². The molecule has 1 aromatic rings. The van der Waals surface area contributed by atoms with Crippen LogP contribution in [-0.2, 0) is 6.54 Å². The molecule has 1 saturated carbocycles. The van der Waals surface area contributed by atoms with Crippen LogP contribution < -0.4 is 5.32 Å². The fourth-order valence-electron chi connectivity index (χ4n) is 1.58. The Morgan fingerprint density at radius 3 is 3.07 bits per heavy atom. The van der Waals surface area contributed by atoms with Gasteiger partial charge in [0.1, 0.15) is 0 Å². The number of hydrogen-bond donors (Lipinski definition) is 3. The highest BCUT2D eigenvalue weighted by molar-refractivity contribution is 5.03. The van der Waals surface area contributed by atoms with Gasteiger partial charge in [0.15, 0.2) is 0 Å². The molecule has 0 radical (unpaired) electrons. The van der Waals surface area contributed by atoms with E-state index in [0.29, 0.717) is 19.1 Å². The molecule has 0 saturated heterocycles. The van der Waals surface area contributed by atoms with Gasteiger partial charge in [-0.2, -0.15) is 0 Å². The zero-order chi connectivity index (χ0) is 10.7. The molecule has 0 bridgehead atoms. The predicted octanol–water partition coefficient (Wildman–Crippen LogP) is -0.339. The van der Waals surface area contributed by atoms with Gasteiger partial charge in [0.25, 0.3) is 0 Å². The van der Waals surface area contributed by atoms with Crippen molar-refractivity contribution in [2.75, 3.05) is 13.2 Å². The third-order valence-corrected chi connectivity index (χ3v) is 2.58. The SMILES string of the molecule is OCC(O)CNCc1cncn1C1CC1. The quantitative estimate of drug-likeness (QED) is 0.602. The molecule has 15 heavy (non-hydrogen) atoms. The first-order valence-corrected chi connectivity index (χ1v) is 5.31. The van der Waals surface area contributed by atoms with E-state index < -0.39 is 6.10 Å². The van der Waals surface area contributed by atoms with Crippen molar-refractivity contribution in [2.45, 2.75) is 31.5 Å². The van der Waals surface area contributed by atoms with Gasteiger partial charge in [-0.05, 0) is 12.8 Å². The average molecular weight is 211 g/mol. The molecule has 1 aliphatic rings. The van der Waals surface area contributed by atoms with E-state index in [-0.39, 0.29) is 6.61 Å². The molecule has 1 aliphatic carbocycles. The summed E-state index contributed by atoms with van der Waals surface area (Å²) in [6.07, 6.45) is 5.50. The number of aliphatic hydroxyl groups excluding tert-OH is 2. The van der Waals surface area contributed by atoms with Crippen molar-refractivity contribution < 1.29 is 10.2 Å². The van der Waals surface area contributed by atoms with E-state index in [0.717, 1.165) is 5.69 Å². The molecule has 1 atom stereocenters. The molecule has 1 heterocycles. The van der Waals surface area contributed by atoms with Gasteiger partial charge in [-0.15, -0.1) is 0 Å². The van der Waals surface area contributed by atoms with Crippen molar-refractivity contribution >= 4 is 0 Å². The highest BCUT2D eigenvalue weighted by Gasteiger charge is 2.24. The normalized spacial score (nSPS) is 18.0. The predicted molar refractivity (Wildman–Crippen MR) is 55.3 cm³/mol. The maximum atomic E-state index is 9.14. The first-order valence-electron chi connectivity index (χ1n) is 5.31. The van der Waals surface area contributed by atoms with Gasteiger partial charge in [0, 0.05) is 25.3 Å². The van der Waals surface area contributed by atoms with Gasteiger partial charge in [-0.3, -0.25) is 0 Å². The Bertz CT molecular complexity index is 309. The largest absolute Gasteiger partial charge is 0.394 e. The molecule has 0 spiro atoms. The van der Waals surface area contributed by atoms with Crippen LogP contribution in [0.3, 0.4) is 0 Å². The molecule has 1 aromatic heterocycles. The zero-order valence-corrected chi connectivity index (χ0v) is 8.63. The zero-order valence-electron chi connectivity index (χ0n) is 8.63. The van der Waals surface area contributed by atoms with Crippen molar-refractivity contribution in [3.05, 3.63) is 18.2 Å². The van der Waals surface area contributed by atoms with E-state index in [1.54, 1.807) is 0 Å². The van der Waals surface area contributed by atoms with E-state index in [1.165, 1.54) is 12.8 Å². The Balaban J connectivity index is 1.80. The number of rotatable bonds is 6. The molecule has 1 unspecified atom stereocenters. The van der Waals surface area contributed by atoms with Gasteiger partial charge < -0.3 is 20.1 Å². The topological polar surface area (TPSA) is 70.3 Å². The Hall–Kier alpha value is -0.910. The van der Waals surface area contributed by atoms with Crippen molar-refractivity contribution in [2.24, 2.45) is 0 Å². The molecule has 5 heteroatoms. The number of hydrogen-bond acceptors (Lipinski definition) is 4. The summed E-state index contributed by atoms with van der Waals surface area (Å²) in [5.41, 5.74) is 1.14. The third-order valence-electron chi connectivity index (χ3n) is 2.58. The first-order chi connectivity index (χ1) is 7.31. The fourth-order valence-corrected chi connectivity index (χ4v) is 1.58. The second-order valence-corrected chi connectivity index (χ2v) is 3.99. The van der Waals surface area contributed by atoms with Crippen LogP contribution in [0.1, 0.15) is 24.6 Å². The van der Waals surface area contributed by atoms with Crippen LogP contribution in [-0.4, -0.2) is 39.0 Å². The van der Waals surface area contributed by atoms with E-state index in [9.17, 15) is 0 Å². The molecule has 0 aromatic carbocycles. The van der Waals surface area contributed by atoms with E-state index >= 15 is 0 Å². The fraction of sp³-hybridized carbons (Fsp3) is 0.700. The van der Waals surface area contributed by atoms with Crippen LogP contribution in [0.25, 0.3) is 0 Å². The number of imidazole rings is 1. The Morgan fingerprint density at radius 1 is 1.60 bits per heavy atom. The molecule has 0 amide bonds. The standard InChI is InChI=1S/C10H17N3O2/c14-6-10(15)5-11-3-9-4-12-7-13(9)8-1-2-8/h4,7-8,10-11,14-15H,1-3,5-6H2. The van der Waals surface area contributed by atoms with E-state index in [2.05, 4.69) is 14.9 Å². The van der Waals surface area contributed by atoms with Crippen LogP contribution in [0.4, 0.5) is 0 Å². The highest BCUT2D eigenvalue weighted by atomic mass is 16.3. The Labute approximate surface area is 88.8 Å². The average Bonchev–Trinajstić information content (AvgIpc) is 2.99. The summed E-state index contributed by atoms with van der Waals surface area (Å²) < 4.78 is 2.18. The maximum absolute atomic E-state index is 9.14. The molecule has 3 N–H and O–H groups in total. The summed E-state index contributed by atoms with van der Waals surface area (Å²) in [6, 6.07) is 0.632. The van der Waals surface area contributed by atoms with Crippen molar-refractivity contribution in [3.8, 4) is 0 Å². The van der Waals surface area contributed by atoms with Gasteiger partial charge in [-0.25, -0.2) is 4.98 Å². The number of aromatic nitrogens is 2. The van der Waals surface area contributed by atoms with Crippen molar-refractivity contribution in [1.29, 1.82) is 0 Å². The van der Waals surface area contributed by atoms with Gasteiger partial charge in [0.05, 0.1) is 24.7 Å². The van der Waals surface area contributed by atoms with Crippen LogP contribution in [0.5, 0.6) is 0 Å². The molecular weight excluding hydrogens is 194 g/mol. The second kappa shape index (κ2) is 4.74. The van der Waals surface area contributed by atoms with E-state index in [4.69, 9.17) is 10.2 Å². The Kier molecular flexibility index (Phi) is 3.35. The summed E-state index contributed by atoms with van der Waals surface area (Å²) >= 11 is 0. The highest BCUT2D eigenvalue weighted by Crippen LogP contribution is 2.35.